The Morgan fingerprint density at radius 3 is 2.25 bits per heavy atom. The van der Waals surface area contributed by atoms with Crippen LogP contribution in [-0.2, 0) is 6.42 Å². The van der Waals surface area contributed by atoms with Crippen molar-refractivity contribution in [2.75, 3.05) is 7.05 Å². The average Bonchev–Trinajstić information content (AvgIpc) is 2.18. The van der Waals surface area contributed by atoms with Gasteiger partial charge in [-0.15, -0.1) is 0 Å². The lowest BCUT2D eigenvalue weighted by atomic mass is 10.1. The second-order valence-electron chi connectivity index (χ2n) is 3.34. The van der Waals surface area contributed by atoms with Gasteiger partial charge in [0, 0.05) is 0 Å². The Kier molecular flexibility index (Phi) is 3.85. The summed E-state index contributed by atoms with van der Waals surface area (Å²) in [5.41, 5.74) is 0.0931. The van der Waals surface area contributed by atoms with Crippen LogP contribution >= 0.6 is 0 Å². The van der Waals surface area contributed by atoms with Crippen LogP contribution in [0, 0.1) is 11.6 Å². The molecule has 0 bridgehead atoms. The fraction of sp³-hybridized carbons (Fsp3) is 0.400. The molecule has 0 amide bonds. The van der Waals surface area contributed by atoms with Gasteiger partial charge in [-0.05, 0) is 31.2 Å². The second-order valence-corrected chi connectivity index (χ2v) is 3.34. The number of rotatable bonds is 3. The summed E-state index contributed by atoms with van der Waals surface area (Å²) in [5.74, 6) is -2.22. The van der Waals surface area contributed by atoms with Crippen molar-refractivity contribution in [2.45, 2.75) is 18.6 Å². The molecule has 1 aromatic carbocycles. The molecular weight excluding hydrogens is 229 g/mol. The zero-order chi connectivity index (χ0) is 12.3. The lowest BCUT2D eigenvalue weighted by Gasteiger charge is -2.19. The lowest BCUT2D eigenvalue weighted by Crippen LogP contribution is -2.41. The third-order valence-corrected chi connectivity index (χ3v) is 2.17. The van der Waals surface area contributed by atoms with Gasteiger partial charge in [0.2, 0.25) is 0 Å². The highest BCUT2D eigenvalue weighted by Crippen LogP contribution is 2.23. The average molecular weight is 239 g/mol. The first-order valence-electron chi connectivity index (χ1n) is 4.52. The van der Waals surface area contributed by atoms with Crippen molar-refractivity contribution in [2.24, 2.45) is 0 Å². The van der Waals surface area contributed by atoms with Gasteiger partial charge in [-0.1, -0.05) is 6.07 Å². The lowest BCUT2D eigenvalue weighted by molar-refractivity contribution is -0.154. The Morgan fingerprint density at radius 2 is 1.81 bits per heavy atom. The molecule has 90 valence electrons. The second kappa shape index (κ2) is 4.78. The molecule has 0 aliphatic carbocycles. The molecule has 0 aliphatic heterocycles. The highest BCUT2D eigenvalue weighted by atomic mass is 19.4. The Morgan fingerprint density at radius 1 is 1.19 bits per heavy atom. The van der Waals surface area contributed by atoms with E-state index in [1.165, 1.54) is 0 Å². The highest BCUT2D eigenvalue weighted by Gasteiger charge is 2.38. The molecule has 0 saturated carbocycles. The molecule has 0 fully saturated rings. The molecule has 0 radical (unpaired) electrons. The van der Waals surface area contributed by atoms with Crippen molar-refractivity contribution < 1.29 is 22.0 Å². The van der Waals surface area contributed by atoms with Gasteiger partial charge >= 0.3 is 6.18 Å². The van der Waals surface area contributed by atoms with Gasteiger partial charge in [0.05, 0.1) is 0 Å². The molecule has 1 atom stereocenters. The van der Waals surface area contributed by atoms with E-state index in [4.69, 9.17) is 0 Å². The molecule has 0 spiro atoms. The topological polar surface area (TPSA) is 12.0 Å². The summed E-state index contributed by atoms with van der Waals surface area (Å²) < 4.78 is 62.4. The van der Waals surface area contributed by atoms with Crippen LogP contribution in [0.3, 0.4) is 0 Å². The summed E-state index contributed by atoms with van der Waals surface area (Å²) >= 11 is 0. The predicted octanol–water partition coefficient (Wildman–Crippen LogP) is 2.66. The first-order valence-corrected chi connectivity index (χ1v) is 4.52. The van der Waals surface area contributed by atoms with E-state index in [9.17, 15) is 22.0 Å². The molecule has 0 heterocycles. The minimum atomic E-state index is -4.42. The smallest absolute Gasteiger partial charge is 0.309 e. The van der Waals surface area contributed by atoms with Gasteiger partial charge in [0.25, 0.3) is 0 Å². The predicted molar refractivity (Wildman–Crippen MR) is 49.0 cm³/mol. The fourth-order valence-corrected chi connectivity index (χ4v) is 1.28. The summed E-state index contributed by atoms with van der Waals surface area (Å²) in [4.78, 5) is 0. The van der Waals surface area contributed by atoms with Crippen LogP contribution in [0.25, 0.3) is 0 Å². The minimum Gasteiger partial charge on any atom is -0.309 e. The molecule has 1 nitrogen and oxygen atoms in total. The number of hydrogen-bond acceptors (Lipinski definition) is 1. The molecule has 0 aliphatic rings. The summed E-state index contributed by atoms with van der Waals surface area (Å²) in [6.07, 6.45) is -4.85. The van der Waals surface area contributed by atoms with Crippen molar-refractivity contribution >= 4 is 0 Å². The maximum atomic E-state index is 12.8. The van der Waals surface area contributed by atoms with E-state index in [2.05, 4.69) is 5.32 Å². The monoisotopic (exact) mass is 239 g/mol. The summed E-state index contributed by atoms with van der Waals surface area (Å²) in [6.45, 7) is 0. The van der Waals surface area contributed by atoms with Crippen molar-refractivity contribution in [3.8, 4) is 0 Å². The van der Waals surface area contributed by atoms with E-state index in [0.29, 0.717) is 0 Å². The highest BCUT2D eigenvalue weighted by molar-refractivity contribution is 5.19. The maximum Gasteiger partial charge on any atom is 0.404 e. The molecular formula is C10H10F5N. The van der Waals surface area contributed by atoms with Gasteiger partial charge in [-0.3, -0.25) is 0 Å². The zero-order valence-corrected chi connectivity index (χ0v) is 8.41. The van der Waals surface area contributed by atoms with Crippen LogP contribution in [0.15, 0.2) is 18.2 Å². The third kappa shape index (κ3) is 3.16. The maximum absolute atomic E-state index is 12.8. The normalized spacial score (nSPS) is 13.9. The van der Waals surface area contributed by atoms with E-state index in [-0.39, 0.29) is 5.56 Å². The Bertz CT molecular complexity index is 361. The van der Waals surface area contributed by atoms with Gasteiger partial charge < -0.3 is 5.32 Å². The number of halogens is 5. The number of nitrogens with one attached hydrogen (secondary N) is 1. The summed E-state index contributed by atoms with van der Waals surface area (Å²) in [7, 11) is 1.16. The van der Waals surface area contributed by atoms with Crippen molar-refractivity contribution in [1.82, 2.24) is 5.32 Å². The number of likely N-dealkylation sites (N-methyl/N-ethyl adjacent to an activating group) is 1. The van der Waals surface area contributed by atoms with Crippen LogP contribution < -0.4 is 5.32 Å². The van der Waals surface area contributed by atoms with Gasteiger partial charge in [0.15, 0.2) is 11.6 Å². The summed E-state index contributed by atoms with van der Waals surface area (Å²) in [5, 5.41) is 2.08. The van der Waals surface area contributed by atoms with Crippen LogP contribution in [0.4, 0.5) is 22.0 Å². The van der Waals surface area contributed by atoms with E-state index in [1.807, 2.05) is 0 Å². The third-order valence-electron chi connectivity index (χ3n) is 2.17. The van der Waals surface area contributed by atoms with Gasteiger partial charge in [0.1, 0.15) is 6.04 Å². The largest absolute Gasteiger partial charge is 0.404 e. The first-order chi connectivity index (χ1) is 7.34. The summed E-state index contributed by atoms with van der Waals surface area (Å²) in [6, 6.07) is 0.950. The standard InChI is InChI=1S/C10H10F5N/c1-16-9(10(13,14)15)5-6-2-3-7(11)8(12)4-6/h2-4,9,16H,5H2,1H3. The van der Waals surface area contributed by atoms with Crippen LogP contribution in [0.2, 0.25) is 0 Å². The number of benzene rings is 1. The fourth-order valence-electron chi connectivity index (χ4n) is 1.28. The van der Waals surface area contributed by atoms with E-state index in [1.54, 1.807) is 0 Å². The molecule has 6 heteroatoms. The van der Waals surface area contributed by atoms with Crippen LogP contribution in [-0.4, -0.2) is 19.3 Å². The number of hydrogen-bond donors (Lipinski definition) is 1. The SMILES string of the molecule is CNC(Cc1ccc(F)c(F)c1)C(F)(F)F. The molecule has 16 heavy (non-hydrogen) atoms. The molecule has 1 unspecified atom stereocenters. The van der Waals surface area contributed by atoms with Gasteiger partial charge in [-0.25, -0.2) is 8.78 Å². The zero-order valence-electron chi connectivity index (χ0n) is 8.41. The van der Waals surface area contributed by atoms with Crippen molar-refractivity contribution in [1.29, 1.82) is 0 Å². The molecule has 0 saturated heterocycles. The van der Waals surface area contributed by atoms with E-state index < -0.39 is 30.3 Å². The van der Waals surface area contributed by atoms with E-state index >= 15 is 0 Å². The molecule has 1 N–H and O–H groups in total. The number of alkyl halides is 3. The Balaban J connectivity index is 2.83. The van der Waals surface area contributed by atoms with Crippen molar-refractivity contribution in [3.05, 3.63) is 35.4 Å². The first kappa shape index (κ1) is 12.9. The Hall–Kier alpha value is -1.17. The molecule has 1 aromatic rings. The molecule has 0 aromatic heterocycles. The van der Waals surface area contributed by atoms with Crippen LogP contribution in [0.1, 0.15) is 5.56 Å². The van der Waals surface area contributed by atoms with Crippen LogP contribution in [0.5, 0.6) is 0 Å². The molecule has 1 rings (SSSR count). The van der Waals surface area contributed by atoms with E-state index in [0.717, 1.165) is 25.2 Å². The van der Waals surface area contributed by atoms with Crippen molar-refractivity contribution in [3.63, 3.8) is 0 Å². The minimum absolute atomic E-state index is 0.0931. The quantitative estimate of drug-likeness (QED) is 0.799. The van der Waals surface area contributed by atoms with Gasteiger partial charge in [-0.2, -0.15) is 13.2 Å². The Labute approximate surface area is 89.3 Å².